The number of halogens is 1. The summed E-state index contributed by atoms with van der Waals surface area (Å²) in [5, 5.41) is 12.7. The Labute approximate surface area is 111 Å². The van der Waals surface area contributed by atoms with E-state index >= 15 is 0 Å². The van der Waals surface area contributed by atoms with Crippen molar-refractivity contribution in [3.8, 4) is 0 Å². The summed E-state index contributed by atoms with van der Waals surface area (Å²) in [6.07, 6.45) is 7.16. The van der Waals surface area contributed by atoms with E-state index in [0.29, 0.717) is 17.1 Å². The van der Waals surface area contributed by atoms with Gasteiger partial charge in [-0.15, -0.1) is 0 Å². The molecule has 1 aliphatic carbocycles. The van der Waals surface area contributed by atoms with Crippen LogP contribution in [0, 0.1) is 5.41 Å². The van der Waals surface area contributed by atoms with Crippen molar-refractivity contribution in [1.82, 2.24) is 10.3 Å². The smallest absolute Gasteiger partial charge is 0.254 e. The zero-order valence-electron chi connectivity index (χ0n) is 10.2. The highest BCUT2D eigenvalue weighted by Crippen LogP contribution is 2.36. The maximum Gasteiger partial charge on any atom is 0.254 e. The van der Waals surface area contributed by atoms with Gasteiger partial charge in [-0.1, -0.05) is 24.4 Å². The first-order valence-corrected chi connectivity index (χ1v) is 6.53. The SMILES string of the molecule is O=C(NCC1(CO)CCCC1)c1cnccc1Cl. The van der Waals surface area contributed by atoms with Gasteiger partial charge in [0.05, 0.1) is 17.2 Å². The van der Waals surface area contributed by atoms with Crippen LogP contribution in [0.3, 0.4) is 0 Å². The van der Waals surface area contributed by atoms with Crippen molar-refractivity contribution in [2.45, 2.75) is 25.7 Å². The Morgan fingerprint density at radius 2 is 2.22 bits per heavy atom. The number of pyridine rings is 1. The monoisotopic (exact) mass is 268 g/mol. The fourth-order valence-corrected chi connectivity index (χ4v) is 2.61. The van der Waals surface area contributed by atoms with E-state index in [1.165, 1.54) is 6.20 Å². The largest absolute Gasteiger partial charge is 0.396 e. The van der Waals surface area contributed by atoms with Crippen molar-refractivity contribution < 1.29 is 9.90 Å². The average molecular weight is 269 g/mol. The lowest BCUT2D eigenvalue weighted by Crippen LogP contribution is -2.38. The summed E-state index contributed by atoms with van der Waals surface area (Å²) in [5.74, 6) is -0.229. The fraction of sp³-hybridized carbons (Fsp3) is 0.538. The van der Waals surface area contributed by atoms with Gasteiger partial charge in [0.25, 0.3) is 5.91 Å². The number of rotatable bonds is 4. The van der Waals surface area contributed by atoms with Gasteiger partial charge in [0.1, 0.15) is 0 Å². The highest BCUT2D eigenvalue weighted by molar-refractivity contribution is 6.33. The molecule has 4 nitrogen and oxygen atoms in total. The number of nitrogens with zero attached hydrogens (tertiary/aromatic N) is 1. The number of hydrogen-bond donors (Lipinski definition) is 2. The van der Waals surface area contributed by atoms with Crippen LogP contribution in [0.4, 0.5) is 0 Å². The average Bonchev–Trinajstić information content (AvgIpc) is 2.86. The Hall–Kier alpha value is -1.13. The molecule has 0 unspecified atom stereocenters. The third kappa shape index (κ3) is 2.82. The second-order valence-electron chi connectivity index (χ2n) is 4.90. The minimum atomic E-state index is -0.229. The van der Waals surface area contributed by atoms with Gasteiger partial charge in [0, 0.05) is 24.4 Å². The molecule has 0 aromatic carbocycles. The van der Waals surface area contributed by atoms with Crippen LogP contribution in [0.25, 0.3) is 0 Å². The third-order valence-corrected chi connectivity index (χ3v) is 3.97. The molecule has 0 aliphatic heterocycles. The van der Waals surface area contributed by atoms with E-state index < -0.39 is 0 Å². The number of hydrogen-bond acceptors (Lipinski definition) is 3. The van der Waals surface area contributed by atoms with E-state index in [1.807, 2.05) is 0 Å². The summed E-state index contributed by atoms with van der Waals surface area (Å²) in [6, 6.07) is 1.59. The van der Waals surface area contributed by atoms with Gasteiger partial charge in [-0.3, -0.25) is 9.78 Å². The number of carbonyl (C=O) groups is 1. The van der Waals surface area contributed by atoms with Crippen molar-refractivity contribution in [3.63, 3.8) is 0 Å². The zero-order valence-corrected chi connectivity index (χ0v) is 10.9. The molecule has 5 heteroatoms. The van der Waals surface area contributed by atoms with E-state index in [-0.39, 0.29) is 17.9 Å². The second-order valence-corrected chi connectivity index (χ2v) is 5.31. The summed E-state index contributed by atoms with van der Waals surface area (Å²) in [5.41, 5.74) is 0.231. The predicted molar refractivity (Wildman–Crippen MR) is 69.6 cm³/mol. The molecule has 0 radical (unpaired) electrons. The van der Waals surface area contributed by atoms with Crippen LogP contribution in [0.15, 0.2) is 18.5 Å². The molecule has 0 bridgehead atoms. The molecule has 0 atom stereocenters. The van der Waals surface area contributed by atoms with Gasteiger partial charge in [0.2, 0.25) is 0 Å². The Morgan fingerprint density at radius 3 is 2.83 bits per heavy atom. The molecule has 1 saturated carbocycles. The fourth-order valence-electron chi connectivity index (χ4n) is 2.42. The van der Waals surface area contributed by atoms with Crippen LogP contribution in [-0.4, -0.2) is 29.1 Å². The number of carbonyl (C=O) groups excluding carboxylic acids is 1. The van der Waals surface area contributed by atoms with Crippen LogP contribution in [-0.2, 0) is 0 Å². The second kappa shape index (κ2) is 5.67. The van der Waals surface area contributed by atoms with Crippen LogP contribution in [0.2, 0.25) is 5.02 Å². The number of aliphatic hydroxyl groups is 1. The lowest BCUT2D eigenvalue weighted by Gasteiger charge is -2.26. The summed E-state index contributed by atoms with van der Waals surface area (Å²) < 4.78 is 0. The van der Waals surface area contributed by atoms with Crippen LogP contribution < -0.4 is 5.32 Å². The van der Waals surface area contributed by atoms with E-state index in [1.54, 1.807) is 12.3 Å². The van der Waals surface area contributed by atoms with Gasteiger partial charge >= 0.3 is 0 Å². The number of nitrogens with one attached hydrogen (secondary N) is 1. The molecule has 0 spiro atoms. The molecule has 2 N–H and O–H groups in total. The lowest BCUT2D eigenvalue weighted by atomic mass is 9.87. The Kier molecular flexibility index (Phi) is 4.19. The molecule has 1 fully saturated rings. The van der Waals surface area contributed by atoms with Crippen LogP contribution in [0.1, 0.15) is 36.0 Å². The van der Waals surface area contributed by atoms with Crippen molar-refractivity contribution in [2.24, 2.45) is 5.41 Å². The summed E-state index contributed by atoms with van der Waals surface area (Å²) >= 11 is 5.93. The van der Waals surface area contributed by atoms with E-state index in [0.717, 1.165) is 25.7 Å². The standard InChI is InChI=1S/C13H17ClN2O2/c14-11-3-6-15-7-10(11)12(18)16-8-13(9-17)4-1-2-5-13/h3,6-7,17H,1-2,4-5,8-9H2,(H,16,18). The van der Waals surface area contributed by atoms with Gasteiger partial charge in [-0.25, -0.2) is 0 Å². The molecule has 1 heterocycles. The molecule has 1 aromatic rings. The highest BCUT2D eigenvalue weighted by atomic mass is 35.5. The van der Waals surface area contributed by atoms with E-state index in [4.69, 9.17) is 11.6 Å². The topological polar surface area (TPSA) is 62.2 Å². The van der Waals surface area contributed by atoms with Gasteiger partial charge in [-0.05, 0) is 18.9 Å². The summed E-state index contributed by atoms with van der Waals surface area (Å²) in [6.45, 7) is 0.613. The van der Waals surface area contributed by atoms with Crippen LogP contribution >= 0.6 is 11.6 Å². The number of amides is 1. The van der Waals surface area contributed by atoms with Crippen molar-refractivity contribution >= 4 is 17.5 Å². The third-order valence-electron chi connectivity index (χ3n) is 3.64. The first kappa shape index (κ1) is 13.3. The molecule has 2 rings (SSSR count). The Morgan fingerprint density at radius 1 is 1.50 bits per heavy atom. The molecule has 98 valence electrons. The van der Waals surface area contributed by atoms with Crippen LogP contribution in [0.5, 0.6) is 0 Å². The molecule has 1 aliphatic rings. The number of aliphatic hydroxyl groups excluding tert-OH is 1. The first-order valence-electron chi connectivity index (χ1n) is 6.15. The van der Waals surface area contributed by atoms with Crippen molar-refractivity contribution in [1.29, 1.82) is 0 Å². The van der Waals surface area contributed by atoms with E-state index in [2.05, 4.69) is 10.3 Å². The maximum absolute atomic E-state index is 12.0. The maximum atomic E-state index is 12.0. The molecular weight excluding hydrogens is 252 g/mol. The lowest BCUT2D eigenvalue weighted by molar-refractivity contribution is 0.0880. The van der Waals surface area contributed by atoms with Gasteiger partial charge in [-0.2, -0.15) is 0 Å². The van der Waals surface area contributed by atoms with Crippen molar-refractivity contribution in [3.05, 3.63) is 29.0 Å². The molecule has 0 saturated heterocycles. The summed E-state index contributed by atoms with van der Waals surface area (Å²) in [4.78, 5) is 15.9. The minimum Gasteiger partial charge on any atom is -0.396 e. The quantitative estimate of drug-likeness (QED) is 0.878. The predicted octanol–water partition coefficient (Wildman–Crippen LogP) is 2.02. The van der Waals surface area contributed by atoms with Gasteiger partial charge < -0.3 is 10.4 Å². The normalized spacial score (nSPS) is 17.7. The first-order chi connectivity index (χ1) is 8.67. The minimum absolute atomic E-state index is 0.119. The summed E-state index contributed by atoms with van der Waals surface area (Å²) in [7, 11) is 0. The molecule has 18 heavy (non-hydrogen) atoms. The highest BCUT2D eigenvalue weighted by Gasteiger charge is 2.33. The molecular formula is C13H17ClN2O2. The zero-order chi connectivity index (χ0) is 13.0. The molecule has 1 amide bonds. The van der Waals surface area contributed by atoms with Gasteiger partial charge in [0.15, 0.2) is 0 Å². The Bertz CT molecular complexity index is 431. The molecule has 1 aromatic heterocycles. The Balaban J connectivity index is 1.98. The number of aromatic nitrogens is 1. The van der Waals surface area contributed by atoms with Crippen molar-refractivity contribution in [2.75, 3.05) is 13.2 Å². The van der Waals surface area contributed by atoms with E-state index in [9.17, 15) is 9.90 Å².